The van der Waals surface area contributed by atoms with Crippen molar-refractivity contribution in [2.75, 3.05) is 26.4 Å². The van der Waals surface area contributed by atoms with Crippen LogP contribution in [0, 0.1) is 0 Å². The SMILES string of the molecule is O=C(COC(=O)CCC(=O)c1ccc2c(c1)OCCO2)NCCc1ccccc1. The van der Waals surface area contributed by atoms with Gasteiger partial charge in [-0.25, -0.2) is 0 Å². The normalized spacial score (nSPS) is 12.1. The number of esters is 1. The van der Waals surface area contributed by atoms with Gasteiger partial charge in [-0.15, -0.1) is 0 Å². The summed E-state index contributed by atoms with van der Waals surface area (Å²) < 4.78 is 15.8. The minimum atomic E-state index is -0.589. The van der Waals surface area contributed by atoms with Crippen molar-refractivity contribution >= 4 is 17.7 Å². The van der Waals surface area contributed by atoms with E-state index in [1.54, 1.807) is 18.2 Å². The molecule has 1 aliphatic rings. The number of rotatable bonds is 9. The third-order valence-corrected chi connectivity index (χ3v) is 4.36. The number of amides is 1. The molecular formula is C22H23NO6. The molecule has 0 fully saturated rings. The van der Waals surface area contributed by atoms with Crippen molar-refractivity contribution in [3.63, 3.8) is 0 Å². The van der Waals surface area contributed by atoms with Crippen LogP contribution in [0.2, 0.25) is 0 Å². The first kappa shape index (κ1) is 20.4. The molecule has 1 heterocycles. The number of Topliss-reactive ketones (excluding diaryl/α,β-unsaturated/α-hetero) is 1. The van der Waals surface area contributed by atoms with Gasteiger partial charge in [0.25, 0.3) is 5.91 Å². The summed E-state index contributed by atoms with van der Waals surface area (Å²) in [7, 11) is 0. The summed E-state index contributed by atoms with van der Waals surface area (Å²) in [6.45, 7) is 1.02. The Morgan fingerprint density at radius 3 is 2.48 bits per heavy atom. The van der Waals surface area contributed by atoms with E-state index in [2.05, 4.69) is 5.32 Å². The molecule has 0 atom stereocenters. The van der Waals surface area contributed by atoms with Crippen molar-refractivity contribution in [3.8, 4) is 11.5 Å². The smallest absolute Gasteiger partial charge is 0.306 e. The van der Waals surface area contributed by atoms with Gasteiger partial charge in [0.15, 0.2) is 23.9 Å². The van der Waals surface area contributed by atoms with Crippen LogP contribution in [0.15, 0.2) is 48.5 Å². The third-order valence-electron chi connectivity index (χ3n) is 4.36. The van der Waals surface area contributed by atoms with Crippen molar-refractivity contribution in [1.82, 2.24) is 5.32 Å². The van der Waals surface area contributed by atoms with Crippen LogP contribution in [0.4, 0.5) is 0 Å². The number of hydrogen-bond acceptors (Lipinski definition) is 6. The summed E-state index contributed by atoms with van der Waals surface area (Å²) in [4.78, 5) is 35.8. The predicted octanol–water partition coefficient (Wildman–Crippen LogP) is 2.32. The van der Waals surface area contributed by atoms with Gasteiger partial charge in [-0.2, -0.15) is 0 Å². The number of fused-ring (bicyclic) bond motifs is 1. The monoisotopic (exact) mass is 397 g/mol. The van der Waals surface area contributed by atoms with Crippen LogP contribution in [-0.4, -0.2) is 44.0 Å². The number of ketones is 1. The zero-order chi connectivity index (χ0) is 20.5. The van der Waals surface area contributed by atoms with Crippen LogP contribution in [0.1, 0.15) is 28.8 Å². The van der Waals surface area contributed by atoms with Crippen LogP contribution in [-0.2, 0) is 20.7 Å². The number of hydrogen-bond donors (Lipinski definition) is 1. The van der Waals surface area contributed by atoms with Gasteiger partial charge < -0.3 is 19.5 Å². The Bertz CT molecular complexity index is 865. The fraction of sp³-hybridized carbons (Fsp3) is 0.318. The van der Waals surface area contributed by atoms with E-state index in [-0.39, 0.29) is 31.1 Å². The Balaban J connectivity index is 1.34. The van der Waals surface area contributed by atoms with E-state index in [1.807, 2.05) is 30.3 Å². The van der Waals surface area contributed by atoms with E-state index in [9.17, 15) is 14.4 Å². The second kappa shape index (κ2) is 10.3. The summed E-state index contributed by atoms with van der Waals surface area (Å²) in [5.74, 6) is -0.0323. The molecule has 7 nitrogen and oxygen atoms in total. The quantitative estimate of drug-likeness (QED) is 0.516. The molecule has 0 bridgehead atoms. The Labute approximate surface area is 169 Å². The van der Waals surface area contributed by atoms with Gasteiger partial charge in [0, 0.05) is 18.5 Å². The van der Waals surface area contributed by atoms with E-state index in [4.69, 9.17) is 14.2 Å². The third kappa shape index (κ3) is 6.34. The van der Waals surface area contributed by atoms with E-state index < -0.39 is 5.97 Å². The molecule has 0 unspecified atom stereocenters. The Morgan fingerprint density at radius 1 is 0.931 bits per heavy atom. The van der Waals surface area contributed by atoms with Gasteiger partial charge >= 0.3 is 5.97 Å². The molecule has 0 spiro atoms. The van der Waals surface area contributed by atoms with E-state index in [0.29, 0.717) is 43.2 Å². The maximum Gasteiger partial charge on any atom is 0.306 e. The molecule has 0 saturated heterocycles. The van der Waals surface area contributed by atoms with Crippen LogP contribution >= 0.6 is 0 Å². The Morgan fingerprint density at radius 2 is 1.69 bits per heavy atom. The van der Waals surface area contributed by atoms with E-state index in [1.165, 1.54) is 0 Å². The number of carbonyl (C=O) groups excluding carboxylic acids is 3. The lowest BCUT2D eigenvalue weighted by Gasteiger charge is -2.18. The highest BCUT2D eigenvalue weighted by Crippen LogP contribution is 2.31. The molecule has 0 saturated carbocycles. The predicted molar refractivity (Wildman–Crippen MR) is 105 cm³/mol. The second-order valence-corrected chi connectivity index (χ2v) is 6.53. The number of ether oxygens (including phenoxy) is 3. The minimum absolute atomic E-state index is 0.00585. The molecule has 1 amide bonds. The van der Waals surface area contributed by atoms with Gasteiger partial charge in [0.2, 0.25) is 0 Å². The van der Waals surface area contributed by atoms with Crippen LogP contribution in [0.25, 0.3) is 0 Å². The van der Waals surface area contributed by atoms with Gasteiger partial charge in [0.05, 0.1) is 6.42 Å². The van der Waals surface area contributed by atoms with Crippen molar-refractivity contribution in [3.05, 3.63) is 59.7 Å². The van der Waals surface area contributed by atoms with Gasteiger partial charge in [-0.05, 0) is 30.2 Å². The van der Waals surface area contributed by atoms with E-state index >= 15 is 0 Å². The molecule has 0 aromatic heterocycles. The molecule has 1 N–H and O–H groups in total. The van der Waals surface area contributed by atoms with Crippen LogP contribution < -0.4 is 14.8 Å². The summed E-state index contributed by atoms with van der Waals surface area (Å²) in [6.07, 6.45) is 0.600. The largest absolute Gasteiger partial charge is 0.486 e. The maximum absolute atomic E-state index is 12.3. The summed E-state index contributed by atoms with van der Waals surface area (Å²) in [5, 5.41) is 2.70. The molecule has 2 aromatic carbocycles. The highest BCUT2D eigenvalue weighted by atomic mass is 16.6. The average molecular weight is 397 g/mol. The molecule has 2 aromatic rings. The standard InChI is InChI=1S/C22H23NO6/c24-18(17-6-8-19-20(14-17)28-13-12-27-19)7-9-22(26)29-15-21(25)23-11-10-16-4-2-1-3-5-16/h1-6,8,14H,7,9-13,15H2,(H,23,25). The molecule has 29 heavy (non-hydrogen) atoms. The highest BCUT2D eigenvalue weighted by molar-refractivity contribution is 5.98. The minimum Gasteiger partial charge on any atom is -0.486 e. The number of nitrogens with one attached hydrogen (secondary N) is 1. The molecule has 0 radical (unpaired) electrons. The molecule has 3 rings (SSSR count). The fourth-order valence-corrected chi connectivity index (χ4v) is 2.84. The first-order valence-corrected chi connectivity index (χ1v) is 9.51. The summed E-state index contributed by atoms with van der Waals surface area (Å²) >= 11 is 0. The maximum atomic E-state index is 12.3. The second-order valence-electron chi connectivity index (χ2n) is 6.53. The first-order valence-electron chi connectivity index (χ1n) is 9.51. The number of carbonyl (C=O) groups is 3. The average Bonchev–Trinajstić information content (AvgIpc) is 2.76. The molecule has 1 aliphatic heterocycles. The Hall–Kier alpha value is -3.35. The van der Waals surface area contributed by atoms with Gasteiger partial charge in [-0.3, -0.25) is 14.4 Å². The van der Waals surface area contributed by atoms with Gasteiger partial charge in [0.1, 0.15) is 13.2 Å². The summed E-state index contributed by atoms with van der Waals surface area (Å²) in [6, 6.07) is 14.7. The van der Waals surface area contributed by atoms with Crippen molar-refractivity contribution in [1.29, 1.82) is 0 Å². The molecule has 7 heteroatoms. The number of benzene rings is 2. The van der Waals surface area contributed by atoms with Crippen LogP contribution in [0.3, 0.4) is 0 Å². The lowest BCUT2D eigenvalue weighted by Crippen LogP contribution is -2.30. The zero-order valence-electron chi connectivity index (χ0n) is 16.0. The zero-order valence-corrected chi connectivity index (χ0v) is 16.0. The summed E-state index contributed by atoms with van der Waals surface area (Å²) in [5.41, 5.74) is 1.56. The van der Waals surface area contributed by atoms with Crippen molar-refractivity contribution in [2.24, 2.45) is 0 Å². The first-order chi connectivity index (χ1) is 14.1. The molecule has 152 valence electrons. The highest BCUT2D eigenvalue weighted by Gasteiger charge is 2.16. The lowest BCUT2D eigenvalue weighted by molar-refractivity contribution is -0.148. The topological polar surface area (TPSA) is 90.9 Å². The van der Waals surface area contributed by atoms with Gasteiger partial charge in [-0.1, -0.05) is 30.3 Å². The van der Waals surface area contributed by atoms with E-state index in [0.717, 1.165) is 5.56 Å². The van der Waals surface area contributed by atoms with Crippen molar-refractivity contribution < 1.29 is 28.6 Å². The van der Waals surface area contributed by atoms with Crippen molar-refractivity contribution in [2.45, 2.75) is 19.3 Å². The Kier molecular flexibility index (Phi) is 7.22. The van der Waals surface area contributed by atoms with Crippen LogP contribution in [0.5, 0.6) is 11.5 Å². The molecule has 0 aliphatic carbocycles. The fourth-order valence-electron chi connectivity index (χ4n) is 2.84. The molecular weight excluding hydrogens is 374 g/mol. The lowest BCUT2D eigenvalue weighted by atomic mass is 10.1.